The first kappa shape index (κ1) is 33.2. The van der Waals surface area contributed by atoms with E-state index in [2.05, 4.69) is 4.99 Å². The molecule has 0 spiro atoms. The molecule has 2 aliphatic rings. The van der Waals surface area contributed by atoms with E-state index < -0.39 is 41.7 Å². The molecule has 0 unspecified atom stereocenters. The summed E-state index contributed by atoms with van der Waals surface area (Å²) >= 11 is 0. The summed E-state index contributed by atoms with van der Waals surface area (Å²) in [7, 11) is 2.65. The van der Waals surface area contributed by atoms with Crippen LogP contribution in [-0.4, -0.2) is 101 Å². The Morgan fingerprint density at radius 2 is 1.48 bits per heavy atom. The van der Waals surface area contributed by atoms with Crippen LogP contribution in [0.5, 0.6) is 0 Å². The largest absolute Gasteiger partial charge is 0.494 e. The van der Waals surface area contributed by atoms with Crippen molar-refractivity contribution in [2.24, 2.45) is 4.99 Å². The van der Waals surface area contributed by atoms with Crippen molar-refractivity contribution >= 4 is 36.8 Å². The van der Waals surface area contributed by atoms with E-state index in [-0.39, 0.29) is 31.9 Å². The Labute approximate surface area is 250 Å². The van der Waals surface area contributed by atoms with E-state index in [9.17, 15) is 14.4 Å². The maximum absolute atomic E-state index is 13.8. The van der Waals surface area contributed by atoms with Crippen molar-refractivity contribution in [3.8, 4) is 0 Å². The van der Waals surface area contributed by atoms with Crippen molar-refractivity contribution in [1.29, 1.82) is 0 Å². The van der Waals surface area contributed by atoms with Crippen LogP contribution in [0.25, 0.3) is 0 Å². The van der Waals surface area contributed by atoms with Gasteiger partial charge in [0.1, 0.15) is 11.2 Å². The van der Waals surface area contributed by atoms with Crippen LogP contribution in [0.15, 0.2) is 29.3 Å². The molecule has 2 heterocycles. The first-order chi connectivity index (χ1) is 19.1. The number of aliphatic imine (C=N–C) groups is 1. The predicted molar refractivity (Wildman–Crippen MR) is 160 cm³/mol. The lowest BCUT2D eigenvalue weighted by Crippen LogP contribution is -2.60. The van der Waals surface area contributed by atoms with E-state index in [1.807, 2.05) is 52.0 Å². The number of amides is 4. The van der Waals surface area contributed by atoms with E-state index >= 15 is 0 Å². The second-order valence-electron chi connectivity index (χ2n) is 13.8. The van der Waals surface area contributed by atoms with E-state index in [0.717, 1.165) is 11.0 Å². The quantitative estimate of drug-likeness (QED) is 0.294. The Bertz CT molecular complexity index is 1190. The number of nitrogens with zero attached hydrogens (tertiary/aromatic N) is 5. The van der Waals surface area contributed by atoms with Gasteiger partial charge in [0.15, 0.2) is 0 Å². The van der Waals surface area contributed by atoms with Gasteiger partial charge >= 0.3 is 25.3 Å². The molecule has 2 aliphatic heterocycles. The van der Waals surface area contributed by atoms with Gasteiger partial charge < -0.3 is 33.5 Å². The van der Waals surface area contributed by atoms with Gasteiger partial charge in [0.2, 0.25) is 5.96 Å². The summed E-state index contributed by atoms with van der Waals surface area (Å²) in [5.74, 6) is -0.00858. The van der Waals surface area contributed by atoms with E-state index in [0.29, 0.717) is 0 Å². The monoisotopic (exact) mass is 587 g/mol. The second-order valence-corrected chi connectivity index (χ2v) is 13.8. The number of carbonyl (C=O) groups excluding carboxylic acids is 3. The van der Waals surface area contributed by atoms with Crippen LogP contribution in [-0.2, 0) is 25.3 Å². The molecule has 0 aliphatic carbocycles. The third kappa shape index (κ3) is 8.16. The van der Waals surface area contributed by atoms with Crippen molar-refractivity contribution in [2.45, 2.75) is 98.2 Å². The zero-order chi connectivity index (χ0) is 31.8. The molecule has 2 fully saturated rings. The Balaban J connectivity index is 2.06. The minimum Gasteiger partial charge on any atom is -0.443 e. The number of benzene rings is 1. The fourth-order valence-electron chi connectivity index (χ4n) is 4.30. The molecule has 13 heteroatoms. The Morgan fingerprint density at radius 1 is 0.952 bits per heavy atom. The standard InChI is InChI=1S/C29H46BN5O7/c1-26(2,3)39-23(36)31-22(34-18-32(11)24(37)33(12)19-34)35(25(38)40-27(4,5)6)17-20-14-13-15-21(16-20)30-41-28(7,8)29(9,10)42-30/h13-16H,17-19H2,1-12H3. The van der Waals surface area contributed by atoms with Crippen LogP contribution in [0.3, 0.4) is 0 Å². The molecule has 0 aromatic heterocycles. The summed E-state index contributed by atoms with van der Waals surface area (Å²) < 4.78 is 23.7. The maximum atomic E-state index is 13.8. The fourth-order valence-corrected chi connectivity index (χ4v) is 4.30. The Morgan fingerprint density at radius 3 is 1.98 bits per heavy atom. The van der Waals surface area contributed by atoms with Gasteiger partial charge in [-0.25, -0.2) is 19.3 Å². The summed E-state index contributed by atoms with van der Waals surface area (Å²) in [4.78, 5) is 49.4. The number of hydrogen-bond acceptors (Lipinski definition) is 7. The number of carbonyl (C=O) groups is 3. The smallest absolute Gasteiger partial charge is 0.443 e. The number of hydrogen-bond donors (Lipinski definition) is 0. The van der Waals surface area contributed by atoms with Crippen molar-refractivity contribution < 1.29 is 33.2 Å². The van der Waals surface area contributed by atoms with Crippen molar-refractivity contribution in [3.05, 3.63) is 29.8 Å². The molecule has 2 saturated heterocycles. The van der Waals surface area contributed by atoms with E-state index in [4.69, 9.17) is 18.8 Å². The minimum atomic E-state index is -0.876. The van der Waals surface area contributed by atoms with Crippen LogP contribution >= 0.6 is 0 Å². The second kappa shape index (κ2) is 11.8. The molecule has 3 rings (SSSR count). The zero-order valence-corrected chi connectivity index (χ0v) is 27.1. The maximum Gasteiger partial charge on any atom is 0.494 e. The van der Waals surface area contributed by atoms with E-state index in [1.54, 1.807) is 60.5 Å². The van der Waals surface area contributed by atoms with Crippen LogP contribution in [0.2, 0.25) is 0 Å². The van der Waals surface area contributed by atoms with Gasteiger partial charge in [0.25, 0.3) is 0 Å². The molecule has 0 radical (unpaired) electrons. The summed E-state index contributed by atoms with van der Waals surface area (Å²) in [6.07, 6.45) is -1.59. The summed E-state index contributed by atoms with van der Waals surface area (Å²) in [6.45, 7) is 18.6. The molecule has 1 aromatic rings. The molecule has 0 saturated carbocycles. The lowest BCUT2D eigenvalue weighted by Gasteiger charge is -2.42. The van der Waals surface area contributed by atoms with Crippen LogP contribution in [0.1, 0.15) is 74.8 Å². The zero-order valence-electron chi connectivity index (χ0n) is 27.1. The van der Waals surface area contributed by atoms with Gasteiger partial charge in [-0.3, -0.25) is 0 Å². The SMILES string of the molecule is CN1CN(C(=NC(=O)OC(C)(C)C)N(Cc2cccc(B3OC(C)(C)C(C)(C)O3)c2)C(=O)OC(C)(C)C)CN(C)C1=O. The van der Waals surface area contributed by atoms with Crippen LogP contribution < -0.4 is 5.46 Å². The molecular weight excluding hydrogens is 541 g/mol. The average molecular weight is 588 g/mol. The lowest BCUT2D eigenvalue weighted by atomic mass is 9.78. The van der Waals surface area contributed by atoms with Crippen molar-refractivity contribution in [3.63, 3.8) is 0 Å². The summed E-state index contributed by atoms with van der Waals surface area (Å²) in [5.41, 5.74) is -1.18. The molecule has 12 nitrogen and oxygen atoms in total. The van der Waals surface area contributed by atoms with Crippen molar-refractivity contribution in [2.75, 3.05) is 27.4 Å². The van der Waals surface area contributed by atoms with Crippen molar-refractivity contribution in [1.82, 2.24) is 19.6 Å². The van der Waals surface area contributed by atoms with Crippen LogP contribution in [0, 0.1) is 0 Å². The number of urea groups is 1. The van der Waals surface area contributed by atoms with E-state index in [1.165, 1.54) is 14.7 Å². The molecule has 0 atom stereocenters. The Hall–Kier alpha value is -3.32. The molecule has 0 N–H and O–H groups in total. The third-order valence-electron chi connectivity index (χ3n) is 6.96. The molecule has 4 amide bonds. The van der Waals surface area contributed by atoms with Gasteiger partial charge in [0, 0.05) is 14.1 Å². The Kier molecular flexibility index (Phi) is 9.29. The fraction of sp³-hybridized carbons (Fsp3) is 0.655. The topological polar surface area (TPSA) is 113 Å². The molecule has 232 valence electrons. The normalized spacial score (nSPS) is 19.2. The predicted octanol–water partition coefficient (Wildman–Crippen LogP) is 4.23. The highest BCUT2D eigenvalue weighted by molar-refractivity contribution is 6.62. The molecule has 1 aromatic carbocycles. The van der Waals surface area contributed by atoms with Crippen LogP contribution in [0.4, 0.5) is 14.4 Å². The number of rotatable bonds is 3. The molecule has 0 bridgehead atoms. The third-order valence-corrected chi connectivity index (χ3v) is 6.96. The highest BCUT2D eigenvalue weighted by Crippen LogP contribution is 2.36. The lowest BCUT2D eigenvalue weighted by molar-refractivity contribution is 0.00578. The van der Waals surface area contributed by atoms with Gasteiger partial charge in [-0.1, -0.05) is 24.3 Å². The van der Waals surface area contributed by atoms with Gasteiger partial charge in [-0.15, -0.1) is 4.99 Å². The first-order valence-electron chi connectivity index (χ1n) is 14.1. The summed E-state index contributed by atoms with van der Waals surface area (Å²) in [5, 5.41) is 0. The molecular formula is C29H46BN5O7. The summed E-state index contributed by atoms with van der Waals surface area (Å²) in [6, 6.07) is 7.30. The average Bonchev–Trinajstić information content (AvgIpc) is 3.04. The van der Waals surface area contributed by atoms with Gasteiger partial charge in [-0.05, 0) is 80.3 Å². The number of guanidine groups is 1. The molecule has 42 heavy (non-hydrogen) atoms. The first-order valence-corrected chi connectivity index (χ1v) is 14.1. The van der Waals surface area contributed by atoms with Gasteiger partial charge in [0.05, 0.1) is 31.1 Å². The number of ether oxygens (including phenoxy) is 2. The van der Waals surface area contributed by atoms with Gasteiger partial charge in [-0.2, -0.15) is 0 Å². The minimum absolute atomic E-state index is 0.00175. The highest BCUT2D eigenvalue weighted by atomic mass is 16.7. The highest BCUT2D eigenvalue weighted by Gasteiger charge is 2.51.